The second-order valence-corrected chi connectivity index (χ2v) is 6.55. The van der Waals surface area contributed by atoms with Crippen LogP contribution in [0, 0.1) is 0 Å². The summed E-state index contributed by atoms with van der Waals surface area (Å²) in [5.41, 5.74) is 2.17. The van der Waals surface area contributed by atoms with Crippen molar-refractivity contribution in [1.82, 2.24) is 15.2 Å². The van der Waals surface area contributed by atoms with Gasteiger partial charge in [-0.3, -0.25) is 9.69 Å². The number of carbonyl (C=O) groups is 1. The highest BCUT2D eigenvalue weighted by Crippen LogP contribution is 2.39. The van der Waals surface area contributed by atoms with Crippen LogP contribution in [0.3, 0.4) is 0 Å². The van der Waals surface area contributed by atoms with Crippen LogP contribution >= 0.6 is 11.8 Å². The standard InChI is InChI=1S/C17H20N4O2S/c1-4-10-24-17-18-16-15(19-20-17)12-8-6-7-9-13(12)21(11(3)22)14(5-2)23-16/h6-9,14H,4-5,10H2,1-3H3/t14-/m0/s1. The van der Waals surface area contributed by atoms with Crippen LogP contribution in [0.1, 0.15) is 33.6 Å². The Morgan fingerprint density at radius 1 is 1.29 bits per heavy atom. The number of aromatic nitrogens is 3. The summed E-state index contributed by atoms with van der Waals surface area (Å²) in [5, 5.41) is 9.15. The number of nitrogens with zero attached hydrogens (tertiary/aromatic N) is 4. The Balaban J connectivity index is 2.13. The van der Waals surface area contributed by atoms with Gasteiger partial charge in [0.05, 0.1) is 5.69 Å². The Morgan fingerprint density at radius 3 is 2.79 bits per heavy atom. The number of benzene rings is 1. The average Bonchev–Trinajstić information content (AvgIpc) is 2.73. The number of hydrogen-bond donors (Lipinski definition) is 0. The van der Waals surface area contributed by atoms with Crippen LogP contribution in [0.2, 0.25) is 0 Å². The molecule has 2 aromatic rings. The Morgan fingerprint density at radius 2 is 2.08 bits per heavy atom. The van der Waals surface area contributed by atoms with Crippen LogP contribution in [0.15, 0.2) is 29.4 Å². The van der Waals surface area contributed by atoms with Gasteiger partial charge in [0.25, 0.3) is 0 Å². The maximum absolute atomic E-state index is 12.2. The summed E-state index contributed by atoms with van der Waals surface area (Å²) in [5.74, 6) is 1.29. The van der Waals surface area contributed by atoms with Crippen LogP contribution in [-0.2, 0) is 4.79 Å². The molecular formula is C17H20N4O2S. The Hall–Kier alpha value is -2.15. The van der Waals surface area contributed by atoms with Gasteiger partial charge in [-0.2, -0.15) is 4.98 Å². The third kappa shape index (κ3) is 3.08. The lowest BCUT2D eigenvalue weighted by Gasteiger charge is -2.28. The quantitative estimate of drug-likeness (QED) is 0.791. The van der Waals surface area contributed by atoms with Gasteiger partial charge in [0.15, 0.2) is 11.9 Å². The van der Waals surface area contributed by atoms with Gasteiger partial charge in [0.1, 0.15) is 0 Å². The van der Waals surface area contributed by atoms with Crippen molar-refractivity contribution in [1.29, 1.82) is 0 Å². The zero-order valence-electron chi connectivity index (χ0n) is 14.0. The molecule has 6 nitrogen and oxygen atoms in total. The first-order valence-corrected chi connectivity index (χ1v) is 9.07. The fourth-order valence-corrected chi connectivity index (χ4v) is 3.30. The monoisotopic (exact) mass is 344 g/mol. The van der Waals surface area contributed by atoms with Crippen molar-refractivity contribution >= 4 is 23.4 Å². The normalized spacial score (nSPS) is 16.0. The molecule has 2 heterocycles. The van der Waals surface area contributed by atoms with E-state index in [2.05, 4.69) is 22.1 Å². The molecule has 0 fully saturated rings. The zero-order valence-corrected chi connectivity index (χ0v) is 14.8. The summed E-state index contributed by atoms with van der Waals surface area (Å²) in [4.78, 5) is 18.4. The summed E-state index contributed by atoms with van der Waals surface area (Å²) >= 11 is 1.55. The minimum Gasteiger partial charge on any atom is -0.451 e. The number of rotatable bonds is 4. The third-order valence-electron chi connectivity index (χ3n) is 3.71. The van der Waals surface area contributed by atoms with E-state index in [1.807, 2.05) is 31.2 Å². The minimum atomic E-state index is -0.411. The first-order chi connectivity index (χ1) is 11.7. The lowest BCUT2D eigenvalue weighted by atomic mass is 10.1. The SMILES string of the molecule is CCCSc1nnc2c(n1)O[C@@H](CC)N(C(C)=O)c1ccccc1-2. The predicted octanol–water partition coefficient (Wildman–Crippen LogP) is 3.52. The van der Waals surface area contributed by atoms with Crippen LogP contribution in [0.25, 0.3) is 11.3 Å². The van der Waals surface area contributed by atoms with Crippen molar-refractivity contribution in [2.75, 3.05) is 10.7 Å². The molecule has 1 aromatic heterocycles. The molecule has 0 radical (unpaired) electrons. The predicted molar refractivity (Wildman–Crippen MR) is 94.1 cm³/mol. The van der Waals surface area contributed by atoms with E-state index in [4.69, 9.17) is 4.74 Å². The molecule has 7 heteroatoms. The highest BCUT2D eigenvalue weighted by molar-refractivity contribution is 7.99. The second kappa shape index (κ2) is 7.17. The summed E-state index contributed by atoms with van der Waals surface area (Å²) < 4.78 is 6.06. The van der Waals surface area contributed by atoms with E-state index in [0.29, 0.717) is 23.2 Å². The van der Waals surface area contributed by atoms with Crippen molar-refractivity contribution < 1.29 is 9.53 Å². The van der Waals surface area contributed by atoms with Crippen LogP contribution in [0.5, 0.6) is 5.88 Å². The molecule has 1 amide bonds. The minimum absolute atomic E-state index is 0.0735. The molecule has 1 aromatic carbocycles. The topological polar surface area (TPSA) is 68.2 Å². The van der Waals surface area contributed by atoms with E-state index in [0.717, 1.165) is 23.4 Å². The van der Waals surface area contributed by atoms with E-state index in [1.165, 1.54) is 0 Å². The molecule has 126 valence electrons. The molecule has 1 aliphatic heterocycles. The van der Waals surface area contributed by atoms with Crippen molar-refractivity contribution in [3.05, 3.63) is 24.3 Å². The van der Waals surface area contributed by atoms with Crippen molar-refractivity contribution in [2.24, 2.45) is 0 Å². The van der Waals surface area contributed by atoms with Crippen molar-refractivity contribution in [2.45, 2.75) is 45.0 Å². The lowest BCUT2D eigenvalue weighted by Crippen LogP contribution is -2.42. The molecule has 0 N–H and O–H groups in total. The molecule has 1 atom stereocenters. The molecule has 0 aliphatic carbocycles. The molecular weight excluding hydrogens is 324 g/mol. The molecule has 0 saturated heterocycles. The number of amides is 1. The molecule has 0 spiro atoms. The Labute approximate surface area is 145 Å². The van der Waals surface area contributed by atoms with E-state index in [9.17, 15) is 4.79 Å². The smallest absolute Gasteiger partial charge is 0.247 e. The summed E-state index contributed by atoms with van der Waals surface area (Å²) in [6.07, 6.45) is 1.27. The molecule has 0 bridgehead atoms. The maximum Gasteiger partial charge on any atom is 0.247 e. The first kappa shape index (κ1) is 16.7. The van der Waals surface area contributed by atoms with Gasteiger partial charge in [-0.25, -0.2) is 0 Å². The highest BCUT2D eigenvalue weighted by Gasteiger charge is 2.32. The maximum atomic E-state index is 12.2. The molecule has 24 heavy (non-hydrogen) atoms. The van der Waals surface area contributed by atoms with E-state index in [-0.39, 0.29) is 5.91 Å². The average molecular weight is 344 g/mol. The molecule has 0 saturated carbocycles. The molecule has 1 aliphatic rings. The lowest BCUT2D eigenvalue weighted by molar-refractivity contribution is -0.118. The molecule has 3 rings (SSSR count). The number of thioether (sulfide) groups is 1. The van der Waals surface area contributed by atoms with E-state index < -0.39 is 6.23 Å². The van der Waals surface area contributed by atoms with Crippen LogP contribution in [0.4, 0.5) is 5.69 Å². The van der Waals surface area contributed by atoms with Gasteiger partial charge < -0.3 is 4.74 Å². The highest BCUT2D eigenvalue weighted by atomic mass is 32.2. The number of para-hydroxylation sites is 1. The van der Waals surface area contributed by atoms with Crippen LogP contribution < -0.4 is 9.64 Å². The third-order valence-corrected chi connectivity index (χ3v) is 4.76. The van der Waals surface area contributed by atoms with Gasteiger partial charge in [-0.05, 0) is 12.5 Å². The summed E-state index contributed by atoms with van der Waals surface area (Å²) in [7, 11) is 0. The first-order valence-electron chi connectivity index (χ1n) is 8.09. The van der Waals surface area contributed by atoms with Gasteiger partial charge in [-0.1, -0.05) is 43.8 Å². The van der Waals surface area contributed by atoms with Gasteiger partial charge in [0.2, 0.25) is 16.9 Å². The number of hydrogen-bond acceptors (Lipinski definition) is 6. The van der Waals surface area contributed by atoms with Gasteiger partial charge in [0, 0.05) is 24.7 Å². The number of ether oxygens (including phenoxy) is 1. The summed E-state index contributed by atoms with van der Waals surface area (Å²) in [6, 6.07) is 7.63. The van der Waals surface area contributed by atoms with Crippen molar-refractivity contribution in [3.63, 3.8) is 0 Å². The zero-order chi connectivity index (χ0) is 17.1. The fraction of sp³-hybridized carbons (Fsp3) is 0.412. The Bertz CT molecular complexity index is 753. The van der Waals surface area contributed by atoms with E-state index in [1.54, 1.807) is 23.6 Å². The second-order valence-electron chi connectivity index (χ2n) is 5.48. The summed E-state index contributed by atoms with van der Waals surface area (Å²) in [6.45, 7) is 5.63. The van der Waals surface area contributed by atoms with Crippen LogP contribution in [-0.4, -0.2) is 33.1 Å². The largest absolute Gasteiger partial charge is 0.451 e. The van der Waals surface area contributed by atoms with Crippen molar-refractivity contribution in [3.8, 4) is 17.1 Å². The number of carbonyl (C=O) groups excluding carboxylic acids is 1. The molecule has 0 unspecified atom stereocenters. The van der Waals surface area contributed by atoms with E-state index >= 15 is 0 Å². The van der Waals surface area contributed by atoms with Gasteiger partial charge in [-0.15, -0.1) is 10.2 Å². The fourth-order valence-electron chi connectivity index (χ4n) is 2.66. The number of fused-ring (bicyclic) bond motifs is 3. The number of anilines is 1. The Kier molecular flexibility index (Phi) is 4.99. The van der Waals surface area contributed by atoms with Gasteiger partial charge >= 0.3 is 0 Å².